The second-order valence-corrected chi connectivity index (χ2v) is 10.2. The third kappa shape index (κ3) is 7.88. The van der Waals surface area contributed by atoms with Gasteiger partial charge in [-0.1, -0.05) is 6.92 Å². The van der Waals surface area contributed by atoms with E-state index >= 15 is 0 Å². The predicted molar refractivity (Wildman–Crippen MR) is 107 cm³/mol. The third-order valence-corrected chi connectivity index (χ3v) is 4.02. The van der Waals surface area contributed by atoms with Crippen LogP contribution in [0.5, 0.6) is 0 Å². The van der Waals surface area contributed by atoms with Crippen LogP contribution in [-0.2, 0) is 34.2 Å². The smallest absolute Gasteiger partial charge is 0.221 e. The average molecular weight is 419 g/mol. The van der Waals surface area contributed by atoms with Crippen LogP contribution in [0, 0.1) is 0 Å². The molecule has 0 saturated carbocycles. The number of hydrogen-bond donors (Lipinski definition) is 1. The van der Waals surface area contributed by atoms with Crippen molar-refractivity contribution in [1.82, 2.24) is 0 Å². The molecule has 0 fully saturated rings. The first-order valence-corrected chi connectivity index (χ1v) is 9.83. The fourth-order valence-corrected chi connectivity index (χ4v) is 1.90. The molecular weight excluding hydrogens is 380 g/mol. The Morgan fingerprint density at radius 3 is 1.52 bits per heavy atom. The molecule has 29 heavy (non-hydrogen) atoms. The lowest BCUT2D eigenvalue weighted by atomic mass is 9.88. The lowest BCUT2D eigenvalue weighted by Gasteiger charge is -2.39. The van der Waals surface area contributed by atoms with Crippen LogP contribution in [0.2, 0.25) is 0 Å². The molecule has 1 rings (SSSR count). The third-order valence-electron chi connectivity index (χ3n) is 4.02. The fourth-order valence-electron chi connectivity index (χ4n) is 1.90. The van der Waals surface area contributed by atoms with Crippen molar-refractivity contribution in [3.8, 4) is 0 Å². The van der Waals surface area contributed by atoms with Crippen molar-refractivity contribution in [1.29, 1.82) is 0 Å². The first-order valence-electron chi connectivity index (χ1n) is 9.83. The van der Waals surface area contributed by atoms with Gasteiger partial charge in [0.2, 0.25) is 5.60 Å². The van der Waals surface area contributed by atoms with Crippen molar-refractivity contribution >= 4 is 0 Å². The molecule has 1 aliphatic rings. The van der Waals surface area contributed by atoms with Crippen LogP contribution in [0.15, 0.2) is 23.7 Å². The monoisotopic (exact) mass is 418 g/mol. The Morgan fingerprint density at radius 1 is 0.793 bits per heavy atom. The van der Waals surface area contributed by atoms with Crippen LogP contribution < -0.4 is 0 Å². The van der Waals surface area contributed by atoms with E-state index in [1.54, 1.807) is 13.8 Å². The first kappa shape index (κ1) is 25.9. The highest BCUT2D eigenvalue weighted by atomic mass is 17.3. The molecule has 0 spiro atoms. The predicted octanol–water partition coefficient (Wildman–Crippen LogP) is 5.41. The SMILES string of the molecule is CCC(C)(C)OOC1(C)C(OOC(C)(C)C)=CC(C)(OO)C=C1OOC(C)(C)C. The molecule has 0 radical (unpaired) electrons. The highest BCUT2D eigenvalue weighted by Gasteiger charge is 2.50. The van der Waals surface area contributed by atoms with Crippen molar-refractivity contribution in [2.75, 3.05) is 0 Å². The Balaban J connectivity index is 3.34. The molecule has 8 heteroatoms. The Hall–Kier alpha value is -1.16. The summed E-state index contributed by atoms with van der Waals surface area (Å²) in [5.74, 6) is 0.344. The van der Waals surface area contributed by atoms with E-state index in [0.717, 1.165) is 0 Å². The Bertz CT molecular complexity index is 571. The molecule has 0 aromatic heterocycles. The van der Waals surface area contributed by atoms with Crippen molar-refractivity contribution in [2.45, 2.75) is 111 Å². The maximum atomic E-state index is 9.46. The Labute approximate surface area is 174 Å². The van der Waals surface area contributed by atoms with Crippen molar-refractivity contribution < 1.29 is 39.5 Å². The van der Waals surface area contributed by atoms with Gasteiger partial charge in [-0.2, -0.15) is 9.78 Å². The molecule has 170 valence electrons. The number of rotatable bonds is 9. The second kappa shape index (κ2) is 8.91. The highest BCUT2D eigenvalue weighted by Crippen LogP contribution is 2.41. The minimum absolute atomic E-state index is 0.172. The Kier molecular flexibility index (Phi) is 7.95. The van der Waals surface area contributed by atoms with Crippen LogP contribution in [0.25, 0.3) is 0 Å². The summed E-state index contributed by atoms with van der Waals surface area (Å²) < 4.78 is 0. The van der Waals surface area contributed by atoms with Gasteiger partial charge in [0, 0.05) is 0 Å². The summed E-state index contributed by atoms with van der Waals surface area (Å²) in [6.45, 7) is 20.1. The molecule has 0 saturated heterocycles. The highest BCUT2D eigenvalue weighted by molar-refractivity contribution is 5.36. The molecule has 0 amide bonds. The normalized spacial score (nSPS) is 26.1. The van der Waals surface area contributed by atoms with E-state index in [-0.39, 0.29) is 11.5 Å². The fraction of sp³-hybridized carbons (Fsp3) is 0.810. The molecule has 8 nitrogen and oxygen atoms in total. The Morgan fingerprint density at radius 2 is 1.21 bits per heavy atom. The van der Waals surface area contributed by atoms with Gasteiger partial charge in [-0.05, 0) is 87.8 Å². The van der Waals surface area contributed by atoms with Crippen molar-refractivity contribution in [3.63, 3.8) is 0 Å². The van der Waals surface area contributed by atoms with Gasteiger partial charge in [0.1, 0.15) is 16.8 Å². The molecule has 0 aromatic carbocycles. The van der Waals surface area contributed by atoms with Gasteiger partial charge in [0.05, 0.1) is 5.60 Å². The first-order chi connectivity index (χ1) is 13.0. The van der Waals surface area contributed by atoms with Crippen LogP contribution in [0.4, 0.5) is 0 Å². The van der Waals surface area contributed by atoms with Crippen molar-refractivity contribution in [2.24, 2.45) is 0 Å². The zero-order valence-electron chi connectivity index (χ0n) is 19.7. The van der Waals surface area contributed by atoms with Gasteiger partial charge < -0.3 is 9.78 Å². The van der Waals surface area contributed by atoms with E-state index in [4.69, 9.17) is 29.3 Å². The lowest BCUT2D eigenvalue weighted by Crippen LogP contribution is -2.45. The lowest BCUT2D eigenvalue weighted by molar-refractivity contribution is -0.430. The van der Waals surface area contributed by atoms with Crippen LogP contribution >= 0.6 is 0 Å². The summed E-state index contributed by atoms with van der Waals surface area (Å²) in [5, 5.41) is 9.46. The van der Waals surface area contributed by atoms with Gasteiger partial charge in [0.15, 0.2) is 11.5 Å². The van der Waals surface area contributed by atoms with E-state index < -0.39 is 28.0 Å². The summed E-state index contributed by atoms with van der Waals surface area (Å²) in [6.07, 6.45) is 3.74. The zero-order valence-corrected chi connectivity index (χ0v) is 19.7. The van der Waals surface area contributed by atoms with Gasteiger partial charge in [-0.25, -0.2) is 14.7 Å². The molecule has 0 atom stereocenters. The molecular formula is C21H38O8. The minimum Gasteiger partial charge on any atom is -0.338 e. The maximum Gasteiger partial charge on any atom is 0.221 e. The summed E-state index contributed by atoms with van der Waals surface area (Å²) in [5.41, 5.74) is -4.42. The van der Waals surface area contributed by atoms with Crippen LogP contribution in [0.1, 0.15) is 82.6 Å². The van der Waals surface area contributed by atoms with E-state index in [2.05, 4.69) is 4.89 Å². The summed E-state index contributed by atoms with van der Waals surface area (Å²) in [7, 11) is 0. The number of hydrogen-bond acceptors (Lipinski definition) is 8. The van der Waals surface area contributed by atoms with E-state index in [1.165, 1.54) is 12.2 Å². The average Bonchev–Trinajstić information content (AvgIpc) is 2.58. The minimum atomic E-state index is -1.37. The molecule has 0 heterocycles. The molecule has 1 aliphatic carbocycles. The quantitative estimate of drug-likeness (QED) is 0.393. The summed E-state index contributed by atoms with van der Waals surface area (Å²) in [6, 6.07) is 0. The van der Waals surface area contributed by atoms with E-state index in [1.807, 2.05) is 62.3 Å². The topological polar surface area (TPSA) is 84.8 Å². The van der Waals surface area contributed by atoms with E-state index in [0.29, 0.717) is 6.42 Å². The van der Waals surface area contributed by atoms with Gasteiger partial charge in [-0.3, -0.25) is 5.26 Å². The van der Waals surface area contributed by atoms with Gasteiger partial charge in [-0.15, -0.1) is 0 Å². The van der Waals surface area contributed by atoms with E-state index in [9.17, 15) is 5.26 Å². The summed E-state index contributed by atoms with van der Waals surface area (Å²) in [4.78, 5) is 38.4. The standard InChI is InChI=1S/C21H38O8/c1-12-19(8,9)28-29-21(11)15(23-26-17(2,3)4)13-20(10,25-22)14-16(21)24-27-18(5,6)7/h13-14,22H,12H2,1-11H3. The largest absolute Gasteiger partial charge is 0.338 e. The maximum absolute atomic E-state index is 9.46. The second-order valence-electron chi connectivity index (χ2n) is 10.2. The van der Waals surface area contributed by atoms with Crippen molar-refractivity contribution in [3.05, 3.63) is 23.7 Å². The molecule has 0 aliphatic heterocycles. The van der Waals surface area contributed by atoms with Gasteiger partial charge in [0.25, 0.3) is 0 Å². The summed E-state index contributed by atoms with van der Waals surface area (Å²) >= 11 is 0. The van der Waals surface area contributed by atoms with Crippen LogP contribution in [0.3, 0.4) is 0 Å². The van der Waals surface area contributed by atoms with Crippen LogP contribution in [-0.4, -0.2) is 33.3 Å². The molecule has 0 unspecified atom stereocenters. The zero-order chi connectivity index (χ0) is 22.7. The molecule has 0 aromatic rings. The molecule has 1 N–H and O–H groups in total. The van der Waals surface area contributed by atoms with Gasteiger partial charge >= 0.3 is 0 Å². The molecule has 0 bridgehead atoms.